The molecule has 1 unspecified atom stereocenters. The lowest BCUT2D eigenvalue weighted by molar-refractivity contribution is -0.113. The molecular weight excluding hydrogens is 338 g/mol. The molecule has 0 radical (unpaired) electrons. The number of aliphatic hydroxyl groups is 1. The molecule has 1 aliphatic rings. The molecule has 0 aliphatic heterocycles. The second-order valence-corrected chi connectivity index (χ2v) is 6.82. The molecular formula is C22H21N3O2. The fourth-order valence-corrected chi connectivity index (χ4v) is 3.22. The number of Topliss-reactive ketones (excluding diaryl/α,β-unsaturated/α-hetero) is 1. The monoisotopic (exact) mass is 359 g/mol. The molecule has 0 spiro atoms. The number of ketones is 1. The molecule has 5 heteroatoms. The molecule has 3 rings (SSSR count). The van der Waals surface area contributed by atoms with Gasteiger partial charge < -0.3 is 5.11 Å². The Kier molecular flexibility index (Phi) is 5.87. The van der Waals surface area contributed by atoms with Gasteiger partial charge in [-0.3, -0.25) is 4.79 Å². The fourth-order valence-electron chi connectivity index (χ4n) is 3.22. The summed E-state index contributed by atoms with van der Waals surface area (Å²) in [5.74, 6) is 0.0625. The summed E-state index contributed by atoms with van der Waals surface area (Å²) in [5, 5.41) is 13.2. The van der Waals surface area contributed by atoms with E-state index >= 15 is 0 Å². The van der Waals surface area contributed by atoms with E-state index in [1.165, 1.54) is 5.56 Å². The van der Waals surface area contributed by atoms with Crippen molar-refractivity contribution in [3.8, 4) is 0 Å². The fraction of sp³-hybridized carbons (Fsp3) is 0.227. The zero-order valence-electron chi connectivity index (χ0n) is 15.2. The summed E-state index contributed by atoms with van der Waals surface area (Å²) >= 11 is 0. The van der Waals surface area contributed by atoms with Crippen LogP contribution < -0.4 is 0 Å². The van der Waals surface area contributed by atoms with E-state index in [9.17, 15) is 9.90 Å². The molecule has 0 saturated heterocycles. The number of aryl methyl sites for hydroxylation is 1. The first-order chi connectivity index (χ1) is 13.1. The maximum Gasteiger partial charge on any atom is 0.185 e. The number of benzene rings is 2. The summed E-state index contributed by atoms with van der Waals surface area (Å²) in [7, 11) is 0. The highest BCUT2D eigenvalue weighted by molar-refractivity contribution is 6.14. The maximum absolute atomic E-state index is 12.9. The highest BCUT2D eigenvalue weighted by atomic mass is 16.3. The average Bonchev–Trinajstić information content (AvgIpc) is 2.68. The van der Waals surface area contributed by atoms with Crippen molar-refractivity contribution in [1.29, 1.82) is 0 Å². The van der Waals surface area contributed by atoms with Crippen LogP contribution in [0.3, 0.4) is 0 Å². The number of rotatable bonds is 4. The van der Waals surface area contributed by atoms with Gasteiger partial charge in [-0.15, -0.1) is 0 Å². The normalized spacial score (nSPS) is 19.9. The predicted molar refractivity (Wildman–Crippen MR) is 107 cm³/mol. The Morgan fingerprint density at radius 1 is 1.04 bits per heavy atom. The predicted octanol–water partition coefficient (Wildman–Crippen LogP) is 5.38. The third kappa shape index (κ3) is 4.73. The number of allylic oxidation sites excluding steroid dienone is 2. The molecule has 2 aromatic carbocycles. The van der Waals surface area contributed by atoms with Gasteiger partial charge in [-0.2, -0.15) is 0 Å². The Morgan fingerprint density at radius 2 is 1.56 bits per heavy atom. The van der Waals surface area contributed by atoms with Gasteiger partial charge in [-0.05, 0) is 54.5 Å². The summed E-state index contributed by atoms with van der Waals surface area (Å²) in [4.78, 5) is 15.7. The van der Waals surface area contributed by atoms with Crippen molar-refractivity contribution >= 4 is 23.6 Å². The van der Waals surface area contributed by atoms with Crippen molar-refractivity contribution in [2.24, 2.45) is 11.0 Å². The third-order valence-electron chi connectivity index (χ3n) is 4.67. The van der Waals surface area contributed by atoms with E-state index in [4.69, 9.17) is 5.53 Å². The second-order valence-electron chi connectivity index (χ2n) is 6.82. The first-order valence-electron chi connectivity index (χ1n) is 8.87. The molecule has 1 saturated carbocycles. The van der Waals surface area contributed by atoms with Crippen molar-refractivity contribution in [3.63, 3.8) is 0 Å². The first kappa shape index (κ1) is 18.6. The minimum Gasteiger partial charge on any atom is -0.396 e. The Morgan fingerprint density at radius 3 is 2.04 bits per heavy atom. The molecule has 0 amide bonds. The van der Waals surface area contributed by atoms with Crippen LogP contribution in [0.2, 0.25) is 0 Å². The van der Waals surface area contributed by atoms with Crippen LogP contribution in [0, 0.1) is 12.8 Å². The number of aliphatic hydroxyl groups excluding tert-OH is 1. The van der Waals surface area contributed by atoms with Crippen molar-refractivity contribution in [2.75, 3.05) is 6.61 Å². The lowest BCUT2D eigenvalue weighted by atomic mass is 9.80. The van der Waals surface area contributed by atoms with Crippen molar-refractivity contribution in [1.82, 2.24) is 0 Å². The Bertz CT molecular complexity index is 935. The van der Waals surface area contributed by atoms with E-state index in [1.807, 2.05) is 55.5 Å². The number of azide groups is 1. The van der Waals surface area contributed by atoms with E-state index in [-0.39, 0.29) is 18.3 Å². The Labute approximate surface area is 158 Å². The molecule has 0 aromatic heterocycles. The smallest absolute Gasteiger partial charge is 0.185 e. The van der Waals surface area contributed by atoms with Gasteiger partial charge in [0.25, 0.3) is 0 Å². The first-order valence-corrected chi connectivity index (χ1v) is 8.87. The number of hydrogen-bond acceptors (Lipinski definition) is 3. The van der Waals surface area contributed by atoms with Gasteiger partial charge in [-0.1, -0.05) is 59.2 Å². The van der Waals surface area contributed by atoms with Crippen molar-refractivity contribution in [2.45, 2.75) is 19.8 Å². The molecule has 1 fully saturated rings. The summed E-state index contributed by atoms with van der Waals surface area (Å²) in [6, 6.07) is 15.1. The second kappa shape index (κ2) is 8.49. The summed E-state index contributed by atoms with van der Waals surface area (Å²) < 4.78 is 0. The van der Waals surface area contributed by atoms with Crippen LogP contribution in [0.15, 0.2) is 64.8 Å². The standard InChI is InChI=1S/C22H21N3O2/c1-15-2-4-16(5-3-15)10-19-12-18(14-26)13-20(22(19)27)11-17-6-8-21(9-7-17)24-25-23/h2-11,18,26H,12-14H2,1H3/b19-10+,20-11+. The molecule has 1 atom stereocenters. The molecule has 2 aromatic rings. The van der Waals surface area contributed by atoms with Gasteiger partial charge in [0.15, 0.2) is 5.78 Å². The summed E-state index contributed by atoms with van der Waals surface area (Å²) in [6.07, 6.45) is 4.91. The van der Waals surface area contributed by atoms with Gasteiger partial charge in [0, 0.05) is 28.4 Å². The molecule has 5 nitrogen and oxygen atoms in total. The topological polar surface area (TPSA) is 86.1 Å². The van der Waals surface area contributed by atoms with E-state index in [0.717, 1.165) is 16.7 Å². The molecule has 27 heavy (non-hydrogen) atoms. The van der Waals surface area contributed by atoms with Crippen LogP contribution >= 0.6 is 0 Å². The summed E-state index contributed by atoms with van der Waals surface area (Å²) in [6.45, 7) is 2.07. The van der Waals surface area contributed by atoms with Crippen LogP contribution in [-0.2, 0) is 4.79 Å². The van der Waals surface area contributed by atoms with Crippen LogP contribution in [0.25, 0.3) is 22.6 Å². The van der Waals surface area contributed by atoms with E-state index in [0.29, 0.717) is 24.1 Å². The van der Waals surface area contributed by atoms with E-state index in [1.54, 1.807) is 12.1 Å². The number of carbonyl (C=O) groups excluding carboxylic acids is 1. The Hall–Kier alpha value is -3.14. The molecule has 0 bridgehead atoms. The zero-order chi connectivity index (χ0) is 19.2. The van der Waals surface area contributed by atoms with Gasteiger partial charge in [0.1, 0.15) is 0 Å². The number of carbonyl (C=O) groups is 1. The van der Waals surface area contributed by atoms with Crippen molar-refractivity contribution in [3.05, 3.63) is 86.8 Å². The lowest BCUT2D eigenvalue weighted by Crippen LogP contribution is -2.22. The minimum absolute atomic E-state index is 0.0272. The van der Waals surface area contributed by atoms with Crippen molar-refractivity contribution < 1.29 is 9.90 Å². The molecule has 136 valence electrons. The van der Waals surface area contributed by atoms with Gasteiger partial charge in [0.05, 0.1) is 0 Å². The van der Waals surface area contributed by atoms with Gasteiger partial charge in [-0.25, -0.2) is 0 Å². The van der Waals surface area contributed by atoms with Crippen LogP contribution in [0.4, 0.5) is 5.69 Å². The van der Waals surface area contributed by atoms with Gasteiger partial charge >= 0.3 is 0 Å². The van der Waals surface area contributed by atoms with E-state index < -0.39 is 0 Å². The van der Waals surface area contributed by atoms with Crippen LogP contribution in [0.5, 0.6) is 0 Å². The average molecular weight is 359 g/mol. The highest BCUT2D eigenvalue weighted by Crippen LogP contribution is 2.32. The lowest BCUT2D eigenvalue weighted by Gasteiger charge is -2.24. The van der Waals surface area contributed by atoms with Crippen LogP contribution in [0.1, 0.15) is 29.5 Å². The summed E-state index contributed by atoms with van der Waals surface area (Å²) in [5.41, 5.74) is 13.4. The molecule has 1 N–H and O–H groups in total. The number of hydrogen-bond donors (Lipinski definition) is 1. The molecule has 1 aliphatic carbocycles. The number of nitrogens with zero attached hydrogens (tertiary/aromatic N) is 3. The van der Waals surface area contributed by atoms with Crippen LogP contribution in [-0.4, -0.2) is 17.5 Å². The quantitative estimate of drug-likeness (QED) is 0.344. The zero-order valence-corrected chi connectivity index (χ0v) is 15.2. The highest BCUT2D eigenvalue weighted by Gasteiger charge is 2.27. The third-order valence-corrected chi connectivity index (χ3v) is 4.67. The van der Waals surface area contributed by atoms with E-state index in [2.05, 4.69) is 10.0 Å². The molecule has 0 heterocycles. The minimum atomic E-state index is 0.0272. The van der Waals surface area contributed by atoms with Gasteiger partial charge in [0.2, 0.25) is 0 Å². The Balaban J connectivity index is 1.91. The maximum atomic E-state index is 12.9. The largest absolute Gasteiger partial charge is 0.396 e. The SMILES string of the molecule is Cc1ccc(/C=C2\CC(CO)C/C(=C\c3ccc(N=[N+]=[N-])cc3)C2=O)cc1.